The maximum absolute atomic E-state index is 12.6. The van der Waals surface area contributed by atoms with Crippen LogP contribution in [0.3, 0.4) is 0 Å². The van der Waals surface area contributed by atoms with Gasteiger partial charge < -0.3 is 14.2 Å². The van der Waals surface area contributed by atoms with Crippen molar-refractivity contribution in [2.75, 3.05) is 7.11 Å². The molecule has 0 unspecified atom stereocenters. The average Bonchev–Trinajstić information content (AvgIpc) is 3.06. The molecule has 1 aliphatic rings. The Morgan fingerprint density at radius 2 is 1.80 bits per heavy atom. The van der Waals surface area contributed by atoms with Crippen molar-refractivity contribution in [3.05, 3.63) is 93.2 Å². The van der Waals surface area contributed by atoms with Gasteiger partial charge >= 0.3 is 5.97 Å². The number of allylic oxidation sites excluding steroid dienone is 1. The van der Waals surface area contributed by atoms with Crippen molar-refractivity contribution in [2.45, 2.75) is 0 Å². The van der Waals surface area contributed by atoms with Crippen molar-refractivity contribution in [3.8, 4) is 17.2 Å². The second kappa shape index (κ2) is 8.22. The first kappa shape index (κ1) is 20.0. The molecule has 30 heavy (non-hydrogen) atoms. The molecule has 0 radical (unpaired) electrons. The second-order valence-corrected chi connectivity index (χ2v) is 7.15. The van der Waals surface area contributed by atoms with Gasteiger partial charge in [0.05, 0.1) is 28.3 Å². The number of carbonyl (C=O) groups excluding carboxylic acids is 2. The molecular formula is C23H14Cl2O5. The molecule has 150 valence electrons. The summed E-state index contributed by atoms with van der Waals surface area (Å²) in [5.41, 5.74) is 1.26. The molecule has 0 aliphatic carbocycles. The lowest BCUT2D eigenvalue weighted by Gasteiger charge is -2.07. The van der Waals surface area contributed by atoms with Gasteiger partial charge in [0.2, 0.25) is 5.78 Å². The van der Waals surface area contributed by atoms with E-state index < -0.39 is 5.97 Å². The van der Waals surface area contributed by atoms with Crippen molar-refractivity contribution >= 4 is 41.0 Å². The largest absolute Gasteiger partial charge is 0.497 e. The van der Waals surface area contributed by atoms with Crippen molar-refractivity contribution < 1.29 is 23.8 Å². The summed E-state index contributed by atoms with van der Waals surface area (Å²) in [6.07, 6.45) is 1.53. The van der Waals surface area contributed by atoms with E-state index in [4.69, 9.17) is 37.4 Å². The monoisotopic (exact) mass is 440 g/mol. The highest BCUT2D eigenvalue weighted by atomic mass is 35.5. The van der Waals surface area contributed by atoms with E-state index in [-0.39, 0.29) is 17.3 Å². The van der Waals surface area contributed by atoms with E-state index in [0.29, 0.717) is 38.2 Å². The third-order valence-corrected chi connectivity index (χ3v) is 5.26. The fourth-order valence-electron chi connectivity index (χ4n) is 2.92. The highest BCUT2D eigenvalue weighted by Gasteiger charge is 2.28. The first-order chi connectivity index (χ1) is 14.5. The molecule has 0 atom stereocenters. The maximum atomic E-state index is 12.6. The standard InChI is InChI=1S/C23H14Cl2O5/c1-28-15-6-2-5-14(10-15)23(27)29-16-8-9-17-19(12-16)30-20(22(17)26)11-13-4-3-7-18(24)21(13)25/h2-12H,1H3. The van der Waals surface area contributed by atoms with Crippen LogP contribution in [0.25, 0.3) is 6.08 Å². The molecule has 0 N–H and O–H groups in total. The van der Waals surface area contributed by atoms with E-state index in [2.05, 4.69) is 0 Å². The Balaban J connectivity index is 1.57. The van der Waals surface area contributed by atoms with Gasteiger partial charge in [-0.3, -0.25) is 4.79 Å². The third-order valence-electron chi connectivity index (χ3n) is 4.43. The highest BCUT2D eigenvalue weighted by Crippen LogP contribution is 2.36. The summed E-state index contributed by atoms with van der Waals surface area (Å²) < 4.78 is 16.2. The molecule has 0 fully saturated rings. The summed E-state index contributed by atoms with van der Waals surface area (Å²) in [7, 11) is 1.51. The van der Waals surface area contributed by atoms with Crippen molar-refractivity contribution in [1.82, 2.24) is 0 Å². The highest BCUT2D eigenvalue weighted by molar-refractivity contribution is 6.43. The molecule has 0 aromatic heterocycles. The summed E-state index contributed by atoms with van der Waals surface area (Å²) in [4.78, 5) is 25.0. The number of hydrogen-bond acceptors (Lipinski definition) is 5. The van der Waals surface area contributed by atoms with Gasteiger partial charge in [0.25, 0.3) is 0 Å². The van der Waals surface area contributed by atoms with Crippen LogP contribution in [-0.4, -0.2) is 18.9 Å². The lowest BCUT2D eigenvalue weighted by Crippen LogP contribution is -2.08. The summed E-state index contributed by atoms with van der Waals surface area (Å²) in [5.74, 6) is 0.329. The number of Topliss-reactive ketones (excluding diaryl/α,β-unsaturated/α-hetero) is 1. The average molecular weight is 441 g/mol. The molecular weight excluding hydrogens is 427 g/mol. The molecule has 1 aliphatic heterocycles. The number of ether oxygens (including phenoxy) is 3. The molecule has 7 heteroatoms. The van der Waals surface area contributed by atoms with Crippen LogP contribution in [0.5, 0.6) is 17.2 Å². The Morgan fingerprint density at radius 3 is 2.60 bits per heavy atom. The quantitative estimate of drug-likeness (QED) is 0.289. The molecule has 4 rings (SSSR count). The Labute approximate surface area is 182 Å². The van der Waals surface area contributed by atoms with E-state index >= 15 is 0 Å². The van der Waals surface area contributed by atoms with Crippen LogP contribution in [0.4, 0.5) is 0 Å². The Kier molecular flexibility index (Phi) is 5.48. The van der Waals surface area contributed by atoms with Gasteiger partial charge in [-0.05, 0) is 48.0 Å². The molecule has 3 aromatic carbocycles. The molecule has 0 saturated carbocycles. The summed E-state index contributed by atoms with van der Waals surface area (Å²) in [5, 5.41) is 0.702. The number of methoxy groups -OCH3 is 1. The molecule has 0 amide bonds. The fraction of sp³-hybridized carbons (Fsp3) is 0.0435. The molecule has 5 nitrogen and oxygen atoms in total. The lowest BCUT2D eigenvalue weighted by atomic mass is 10.1. The summed E-state index contributed by atoms with van der Waals surface area (Å²) in [6.45, 7) is 0. The zero-order chi connectivity index (χ0) is 21.3. The van der Waals surface area contributed by atoms with Crippen LogP contribution < -0.4 is 14.2 Å². The molecule has 0 spiro atoms. The van der Waals surface area contributed by atoms with Crippen LogP contribution in [0.1, 0.15) is 26.3 Å². The van der Waals surface area contributed by atoms with Gasteiger partial charge in [-0.15, -0.1) is 0 Å². The lowest BCUT2D eigenvalue weighted by molar-refractivity contribution is 0.0734. The summed E-state index contributed by atoms with van der Waals surface area (Å²) >= 11 is 12.2. The van der Waals surface area contributed by atoms with Gasteiger partial charge in [-0.1, -0.05) is 41.4 Å². The van der Waals surface area contributed by atoms with Gasteiger partial charge in [0, 0.05) is 6.07 Å². The number of halogens is 2. The van der Waals surface area contributed by atoms with Gasteiger partial charge in [-0.2, -0.15) is 0 Å². The minimum Gasteiger partial charge on any atom is -0.497 e. The molecule has 0 saturated heterocycles. The second-order valence-electron chi connectivity index (χ2n) is 6.36. The zero-order valence-corrected chi connectivity index (χ0v) is 17.2. The van der Waals surface area contributed by atoms with Crippen LogP contribution in [-0.2, 0) is 0 Å². The van der Waals surface area contributed by atoms with Crippen LogP contribution in [0.15, 0.2) is 66.4 Å². The number of esters is 1. The number of rotatable bonds is 4. The Hall–Kier alpha value is -3.28. The normalized spacial score (nSPS) is 13.7. The van der Waals surface area contributed by atoms with Crippen molar-refractivity contribution in [2.24, 2.45) is 0 Å². The first-order valence-corrected chi connectivity index (χ1v) is 9.60. The molecule has 0 bridgehead atoms. The summed E-state index contributed by atoms with van der Waals surface area (Å²) in [6, 6.07) is 16.3. The minimum atomic E-state index is -0.556. The third kappa shape index (κ3) is 3.90. The fourth-order valence-corrected chi connectivity index (χ4v) is 3.28. The van der Waals surface area contributed by atoms with Crippen LogP contribution >= 0.6 is 23.2 Å². The molecule has 3 aromatic rings. The van der Waals surface area contributed by atoms with E-state index in [1.54, 1.807) is 48.5 Å². The van der Waals surface area contributed by atoms with Gasteiger partial charge in [0.15, 0.2) is 5.76 Å². The van der Waals surface area contributed by atoms with Crippen LogP contribution in [0.2, 0.25) is 10.0 Å². The van der Waals surface area contributed by atoms with E-state index in [0.717, 1.165) is 0 Å². The van der Waals surface area contributed by atoms with Crippen molar-refractivity contribution in [1.29, 1.82) is 0 Å². The SMILES string of the molecule is COc1cccc(C(=O)Oc2ccc3c(c2)OC(=Cc2cccc(Cl)c2Cl)C3=O)c1. The number of hydrogen-bond donors (Lipinski definition) is 0. The molecule has 1 heterocycles. The number of ketones is 1. The zero-order valence-electron chi connectivity index (χ0n) is 15.6. The minimum absolute atomic E-state index is 0.102. The predicted octanol–water partition coefficient (Wildman–Crippen LogP) is 5.84. The Morgan fingerprint density at radius 1 is 1.00 bits per heavy atom. The van der Waals surface area contributed by atoms with Crippen LogP contribution in [0, 0.1) is 0 Å². The van der Waals surface area contributed by atoms with Gasteiger partial charge in [-0.25, -0.2) is 4.79 Å². The number of fused-ring (bicyclic) bond motifs is 1. The van der Waals surface area contributed by atoms with E-state index in [1.165, 1.54) is 25.3 Å². The number of benzene rings is 3. The number of carbonyl (C=O) groups is 2. The maximum Gasteiger partial charge on any atom is 0.343 e. The topological polar surface area (TPSA) is 61.8 Å². The first-order valence-electron chi connectivity index (χ1n) is 8.85. The van der Waals surface area contributed by atoms with Gasteiger partial charge in [0.1, 0.15) is 17.2 Å². The predicted molar refractivity (Wildman–Crippen MR) is 114 cm³/mol. The van der Waals surface area contributed by atoms with Crippen molar-refractivity contribution in [3.63, 3.8) is 0 Å². The van der Waals surface area contributed by atoms with E-state index in [9.17, 15) is 9.59 Å². The van der Waals surface area contributed by atoms with E-state index in [1.807, 2.05) is 0 Å². The smallest absolute Gasteiger partial charge is 0.343 e. The Bertz CT molecular complexity index is 1200.